The molecule has 0 bridgehead atoms. The molecule has 1 fully saturated rings. The molecule has 1 aliphatic rings. The second-order valence-electron chi connectivity index (χ2n) is 6.49. The van der Waals surface area contributed by atoms with E-state index < -0.39 is 0 Å². The number of anilines is 2. The monoisotopic (exact) mass is 433 g/mol. The van der Waals surface area contributed by atoms with Crippen LogP contribution < -0.4 is 10.2 Å². The van der Waals surface area contributed by atoms with Gasteiger partial charge in [0.2, 0.25) is 5.91 Å². The molecule has 1 aromatic heterocycles. The number of fused-ring (bicyclic) bond motifs is 1. The molecule has 4 rings (SSSR count). The number of thiazole rings is 1. The van der Waals surface area contributed by atoms with Crippen LogP contribution in [0, 0.1) is 0 Å². The Labute approximate surface area is 177 Å². The van der Waals surface area contributed by atoms with Gasteiger partial charge in [-0.05, 0) is 49.4 Å². The van der Waals surface area contributed by atoms with Gasteiger partial charge < -0.3 is 15.0 Å². The number of hydrogen-bond donors (Lipinski definition) is 1. The molecule has 0 radical (unpaired) electrons. The molecular weight excluding hydrogens is 414 g/mol. The summed E-state index contributed by atoms with van der Waals surface area (Å²) in [7, 11) is 0. The van der Waals surface area contributed by atoms with Gasteiger partial charge in [-0.3, -0.25) is 4.79 Å². The molecule has 0 aliphatic carbocycles. The topological polar surface area (TPSA) is 54.5 Å². The second-order valence-corrected chi connectivity index (χ2v) is 9.54. The Morgan fingerprint density at radius 1 is 1.25 bits per heavy atom. The average molecular weight is 434 g/mol. The predicted molar refractivity (Wildman–Crippen MR) is 118 cm³/mol. The van der Waals surface area contributed by atoms with Gasteiger partial charge in [-0.2, -0.15) is 0 Å². The second kappa shape index (κ2) is 8.69. The van der Waals surface area contributed by atoms with E-state index in [0.717, 1.165) is 52.2 Å². The highest BCUT2D eigenvalue weighted by atomic mass is 35.5. The van der Waals surface area contributed by atoms with E-state index in [9.17, 15) is 4.79 Å². The summed E-state index contributed by atoms with van der Waals surface area (Å²) in [4.78, 5) is 19.4. The Morgan fingerprint density at radius 2 is 2.00 bits per heavy atom. The third kappa shape index (κ3) is 4.60. The first-order chi connectivity index (χ1) is 13.6. The number of nitrogens with one attached hydrogen (secondary N) is 1. The number of benzene rings is 2. The van der Waals surface area contributed by atoms with Crippen molar-refractivity contribution in [2.75, 3.05) is 36.5 Å². The van der Waals surface area contributed by atoms with Crippen LogP contribution in [0.15, 0.2) is 46.8 Å². The highest BCUT2D eigenvalue weighted by molar-refractivity contribution is 8.02. The van der Waals surface area contributed by atoms with Crippen LogP contribution in [-0.2, 0) is 9.53 Å². The molecule has 1 amide bonds. The van der Waals surface area contributed by atoms with Crippen molar-refractivity contribution in [1.29, 1.82) is 0 Å². The van der Waals surface area contributed by atoms with Crippen LogP contribution >= 0.6 is 34.7 Å². The zero-order chi connectivity index (χ0) is 19.5. The van der Waals surface area contributed by atoms with Crippen molar-refractivity contribution < 1.29 is 9.53 Å². The molecule has 2 aromatic carbocycles. The number of carbonyl (C=O) groups excluding carboxylic acids is 1. The minimum Gasteiger partial charge on any atom is -0.378 e. The van der Waals surface area contributed by atoms with Gasteiger partial charge in [-0.1, -0.05) is 23.4 Å². The molecule has 5 nitrogen and oxygen atoms in total. The van der Waals surface area contributed by atoms with Crippen LogP contribution in [0.25, 0.3) is 10.2 Å². The van der Waals surface area contributed by atoms with Gasteiger partial charge in [0.15, 0.2) is 4.34 Å². The summed E-state index contributed by atoms with van der Waals surface area (Å²) in [5.41, 5.74) is 2.81. The highest BCUT2D eigenvalue weighted by Gasteiger charge is 2.18. The van der Waals surface area contributed by atoms with E-state index in [1.807, 2.05) is 49.4 Å². The van der Waals surface area contributed by atoms with Crippen molar-refractivity contribution in [3.63, 3.8) is 0 Å². The van der Waals surface area contributed by atoms with Crippen molar-refractivity contribution in [3.8, 4) is 0 Å². The maximum atomic E-state index is 12.6. The van der Waals surface area contributed by atoms with Crippen LogP contribution in [0.3, 0.4) is 0 Å². The van der Waals surface area contributed by atoms with Crippen LogP contribution in [0.4, 0.5) is 11.4 Å². The summed E-state index contributed by atoms with van der Waals surface area (Å²) >= 11 is 9.05. The Bertz CT molecular complexity index is 971. The number of amides is 1. The molecule has 1 unspecified atom stereocenters. The Kier molecular flexibility index (Phi) is 6.06. The van der Waals surface area contributed by atoms with Gasteiger partial charge in [-0.15, -0.1) is 11.3 Å². The molecule has 1 aliphatic heterocycles. The van der Waals surface area contributed by atoms with E-state index in [2.05, 4.69) is 15.2 Å². The standard InChI is InChI=1S/C20H20ClN3O2S2/c1-13(27-20-23-17-12-14(21)2-7-18(17)28-20)19(25)22-15-3-5-16(6-4-15)24-8-10-26-11-9-24/h2-7,12-13H,8-11H2,1H3,(H,22,25). The van der Waals surface area contributed by atoms with Gasteiger partial charge in [-0.25, -0.2) is 4.98 Å². The lowest BCUT2D eigenvalue weighted by Crippen LogP contribution is -2.36. The number of thioether (sulfide) groups is 1. The highest BCUT2D eigenvalue weighted by Crippen LogP contribution is 2.33. The van der Waals surface area contributed by atoms with E-state index in [1.54, 1.807) is 11.3 Å². The minimum absolute atomic E-state index is 0.0404. The molecule has 3 aromatic rings. The number of morpholine rings is 1. The smallest absolute Gasteiger partial charge is 0.237 e. The van der Waals surface area contributed by atoms with Crippen molar-refractivity contribution >= 4 is 62.2 Å². The van der Waals surface area contributed by atoms with Gasteiger partial charge in [0, 0.05) is 29.5 Å². The maximum absolute atomic E-state index is 12.6. The van der Waals surface area contributed by atoms with E-state index in [4.69, 9.17) is 16.3 Å². The fourth-order valence-electron chi connectivity index (χ4n) is 2.96. The molecule has 2 heterocycles. The summed E-state index contributed by atoms with van der Waals surface area (Å²) in [6.07, 6.45) is 0. The van der Waals surface area contributed by atoms with Crippen LogP contribution in [-0.4, -0.2) is 42.4 Å². The minimum atomic E-state index is -0.255. The molecule has 146 valence electrons. The SMILES string of the molecule is CC(Sc1nc2cc(Cl)ccc2s1)C(=O)Nc1ccc(N2CCOCC2)cc1. The molecular formula is C20H20ClN3O2S2. The molecule has 1 N–H and O–H groups in total. The molecule has 0 saturated carbocycles. The Balaban J connectivity index is 1.36. The number of rotatable bonds is 5. The summed E-state index contributed by atoms with van der Waals surface area (Å²) in [6, 6.07) is 13.6. The van der Waals surface area contributed by atoms with Crippen LogP contribution in [0.5, 0.6) is 0 Å². The normalized spacial score (nSPS) is 15.6. The first kappa shape index (κ1) is 19.5. The number of carbonyl (C=O) groups is 1. The van der Waals surface area contributed by atoms with Crippen molar-refractivity contribution in [2.24, 2.45) is 0 Å². The molecule has 1 atom stereocenters. The number of aromatic nitrogens is 1. The Morgan fingerprint density at radius 3 is 2.75 bits per heavy atom. The lowest BCUT2D eigenvalue weighted by atomic mass is 10.2. The fraction of sp³-hybridized carbons (Fsp3) is 0.300. The molecule has 8 heteroatoms. The first-order valence-corrected chi connectivity index (χ1v) is 11.1. The fourth-order valence-corrected chi connectivity index (χ4v) is 5.31. The Hall–Kier alpha value is -1.80. The van der Waals surface area contributed by atoms with Gasteiger partial charge >= 0.3 is 0 Å². The van der Waals surface area contributed by atoms with Crippen LogP contribution in [0.1, 0.15) is 6.92 Å². The molecule has 1 saturated heterocycles. The summed E-state index contributed by atoms with van der Waals surface area (Å²) in [6.45, 7) is 5.19. The largest absolute Gasteiger partial charge is 0.378 e. The van der Waals surface area contributed by atoms with Crippen molar-refractivity contribution in [1.82, 2.24) is 4.98 Å². The number of hydrogen-bond acceptors (Lipinski definition) is 6. The average Bonchev–Trinajstić information content (AvgIpc) is 3.10. The van der Waals surface area contributed by atoms with Crippen molar-refractivity contribution in [3.05, 3.63) is 47.5 Å². The quantitative estimate of drug-likeness (QED) is 0.579. The van der Waals surface area contributed by atoms with E-state index in [0.29, 0.717) is 5.02 Å². The van der Waals surface area contributed by atoms with Crippen molar-refractivity contribution in [2.45, 2.75) is 16.5 Å². The summed E-state index contributed by atoms with van der Waals surface area (Å²) in [5, 5.41) is 3.40. The number of nitrogens with zero attached hydrogens (tertiary/aromatic N) is 2. The van der Waals surface area contributed by atoms with E-state index in [1.165, 1.54) is 11.8 Å². The first-order valence-electron chi connectivity index (χ1n) is 9.05. The van der Waals surface area contributed by atoms with Gasteiger partial charge in [0.25, 0.3) is 0 Å². The summed E-state index contributed by atoms with van der Waals surface area (Å²) < 4.78 is 7.32. The van der Waals surface area contributed by atoms with E-state index in [-0.39, 0.29) is 11.2 Å². The number of ether oxygens (including phenoxy) is 1. The zero-order valence-electron chi connectivity index (χ0n) is 15.4. The third-order valence-corrected chi connectivity index (χ3v) is 6.95. The molecule has 0 spiro atoms. The number of halogens is 1. The third-order valence-electron chi connectivity index (χ3n) is 4.49. The van der Waals surface area contributed by atoms with E-state index >= 15 is 0 Å². The molecule has 28 heavy (non-hydrogen) atoms. The van der Waals surface area contributed by atoms with Gasteiger partial charge in [0.1, 0.15) is 0 Å². The maximum Gasteiger partial charge on any atom is 0.237 e. The lowest BCUT2D eigenvalue weighted by molar-refractivity contribution is -0.115. The lowest BCUT2D eigenvalue weighted by Gasteiger charge is -2.28. The predicted octanol–water partition coefficient (Wildman–Crippen LogP) is 4.91. The van der Waals surface area contributed by atoms with Gasteiger partial charge in [0.05, 0.1) is 28.7 Å². The zero-order valence-corrected chi connectivity index (χ0v) is 17.7. The van der Waals surface area contributed by atoms with Crippen LogP contribution in [0.2, 0.25) is 5.02 Å². The summed E-state index contributed by atoms with van der Waals surface area (Å²) in [5.74, 6) is -0.0404.